The fraction of sp³-hybridized carbons (Fsp3) is 0.923. The van der Waals surface area contributed by atoms with Crippen molar-refractivity contribution in [2.24, 2.45) is 5.92 Å². The topological polar surface area (TPSA) is 87.7 Å². The van der Waals surface area contributed by atoms with Crippen LogP contribution in [0, 0.1) is 5.92 Å². The minimum Gasteiger partial charge on any atom is -0.379 e. The summed E-state index contributed by atoms with van der Waals surface area (Å²) < 4.78 is 29.6. The first kappa shape index (κ1) is 18.3. The molecule has 0 bridgehead atoms. The standard InChI is InChI=1S/C13H27N3O4S/c1-4-14-12-10-20-9-11(12)13(17)15-7-6-8-16(5-2)21(3,18)19/h11-12,14H,4-10H2,1-3H3,(H,15,17). The van der Waals surface area contributed by atoms with Crippen molar-refractivity contribution in [1.29, 1.82) is 0 Å². The third kappa shape index (κ3) is 5.90. The Bertz CT molecular complexity index is 427. The van der Waals surface area contributed by atoms with Crippen LogP contribution in [0.25, 0.3) is 0 Å². The molecule has 2 N–H and O–H groups in total. The fourth-order valence-electron chi connectivity index (χ4n) is 2.43. The molecule has 0 aromatic heterocycles. The number of hydrogen-bond acceptors (Lipinski definition) is 5. The summed E-state index contributed by atoms with van der Waals surface area (Å²) in [5, 5.41) is 6.10. The van der Waals surface area contributed by atoms with E-state index in [-0.39, 0.29) is 17.9 Å². The number of amides is 1. The Labute approximate surface area is 127 Å². The smallest absolute Gasteiger partial charge is 0.227 e. The number of nitrogens with zero attached hydrogens (tertiary/aromatic N) is 1. The zero-order valence-corrected chi connectivity index (χ0v) is 13.9. The molecule has 8 heteroatoms. The van der Waals surface area contributed by atoms with Crippen molar-refractivity contribution in [3.63, 3.8) is 0 Å². The van der Waals surface area contributed by atoms with E-state index in [2.05, 4.69) is 10.6 Å². The minimum atomic E-state index is -3.16. The summed E-state index contributed by atoms with van der Waals surface area (Å²) in [6.07, 6.45) is 1.80. The van der Waals surface area contributed by atoms with E-state index in [1.54, 1.807) is 6.92 Å². The first-order valence-corrected chi connectivity index (χ1v) is 9.28. The maximum atomic E-state index is 12.1. The number of carbonyl (C=O) groups excluding carboxylic acids is 1. The molecule has 0 aliphatic carbocycles. The molecule has 2 unspecified atom stereocenters. The Hall–Kier alpha value is -0.700. The van der Waals surface area contributed by atoms with E-state index < -0.39 is 10.0 Å². The van der Waals surface area contributed by atoms with Crippen molar-refractivity contribution >= 4 is 15.9 Å². The van der Waals surface area contributed by atoms with E-state index in [4.69, 9.17) is 4.74 Å². The van der Waals surface area contributed by atoms with Crippen molar-refractivity contribution < 1.29 is 17.9 Å². The van der Waals surface area contributed by atoms with Crippen LogP contribution in [-0.2, 0) is 19.6 Å². The molecule has 0 aromatic carbocycles. The molecule has 1 aliphatic rings. The largest absolute Gasteiger partial charge is 0.379 e. The number of likely N-dealkylation sites (N-methyl/N-ethyl adjacent to an activating group) is 1. The normalized spacial score (nSPS) is 22.7. The van der Waals surface area contributed by atoms with Gasteiger partial charge in [-0.15, -0.1) is 0 Å². The van der Waals surface area contributed by atoms with Gasteiger partial charge in [0.2, 0.25) is 15.9 Å². The number of sulfonamides is 1. The van der Waals surface area contributed by atoms with Gasteiger partial charge in [0.05, 0.1) is 25.4 Å². The predicted octanol–water partition coefficient (Wildman–Crippen LogP) is -0.601. The predicted molar refractivity (Wildman–Crippen MR) is 81.5 cm³/mol. The van der Waals surface area contributed by atoms with Gasteiger partial charge < -0.3 is 15.4 Å². The molecule has 124 valence electrons. The van der Waals surface area contributed by atoms with Crippen LogP contribution in [0.2, 0.25) is 0 Å². The van der Waals surface area contributed by atoms with Crippen molar-refractivity contribution in [1.82, 2.24) is 14.9 Å². The lowest BCUT2D eigenvalue weighted by Crippen LogP contribution is -2.44. The van der Waals surface area contributed by atoms with Crippen molar-refractivity contribution in [2.45, 2.75) is 26.3 Å². The average molecular weight is 321 g/mol. The Morgan fingerprint density at radius 2 is 2.05 bits per heavy atom. The maximum absolute atomic E-state index is 12.1. The van der Waals surface area contributed by atoms with Crippen LogP contribution in [0.1, 0.15) is 20.3 Å². The van der Waals surface area contributed by atoms with E-state index in [9.17, 15) is 13.2 Å². The summed E-state index contributed by atoms with van der Waals surface area (Å²) in [6.45, 7) is 6.95. The molecule has 1 rings (SSSR count). The van der Waals surface area contributed by atoms with Crippen LogP contribution in [0.5, 0.6) is 0 Å². The van der Waals surface area contributed by atoms with Gasteiger partial charge in [-0.2, -0.15) is 0 Å². The number of ether oxygens (including phenoxy) is 1. The molecule has 21 heavy (non-hydrogen) atoms. The van der Waals surface area contributed by atoms with Crippen molar-refractivity contribution in [2.75, 3.05) is 45.6 Å². The van der Waals surface area contributed by atoms with Gasteiger partial charge in [0.25, 0.3) is 0 Å². The van der Waals surface area contributed by atoms with Gasteiger partial charge in [-0.05, 0) is 13.0 Å². The summed E-state index contributed by atoms with van der Waals surface area (Å²) in [7, 11) is -3.16. The van der Waals surface area contributed by atoms with Crippen LogP contribution in [0.4, 0.5) is 0 Å². The summed E-state index contributed by atoms with van der Waals surface area (Å²) >= 11 is 0. The van der Waals surface area contributed by atoms with Gasteiger partial charge in [0.15, 0.2) is 0 Å². The highest BCUT2D eigenvalue weighted by molar-refractivity contribution is 7.88. The van der Waals surface area contributed by atoms with Gasteiger partial charge >= 0.3 is 0 Å². The highest BCUT2D eigenvalue weighted by Gasteiger charge is 2.33. The third-order valence-corrected chi connectivity index (χ3v) is 4.97. The summed E-state index contributed by atoms with van der Waals surface area (Å²) in [6, 6.07) is 0.0677. The van der Waals surface area contributed by atoms with Crippen LogP contribution in [0.15, 0.2) is 0 Å². The lowest BCUT2D eigenvalue weighted by molar-refractivity contribution is -0.125. The summed E-state index contributed by atoms with van der Waals surface area (Å²) in [5.41, 5.74) is 0. The molecule has 1 aliphatic heterocycles. The number of nitrogens with one attached hydrogen (secondary N) is 2. The van der Waals surface area contributed by atoms with Gasteiger partial charge in [0.1, 0.15) is 0 Å². The molecule has 7 nitrogen and oxygen atoms in total. The molecule has 0 saturated carbocycles. The molecular weight excluding hydrogens is 294 g/mol. The lowest BCUT2D eigenvalue weighted by Gasteiger charge is -2.19. The number of carbonyl (C=O) groups is 1. The zero-order chi connectivity index (χ0) is 15.9. The second-order valence-electron chi connectivity index (χ2n) is 5.21. The molecule has 0 aromatic rings. The molecule has 1 fully saturated rings. The van der Waals surface area contributed by atoms with E-state index in [0.717, 1.165) is 6.54 Å². The highest BCUT2D eigenvalue weighted by Crippen LogP contribution is 2.13. The van der Waals surface area contributed by atoms with Crippen LogP contribution < -0.4 is 10.6 Å². The third-order valence-electron chi connectivity index (χ3n) is 3.59. The molecule has 2 atom stereocenters. The van der Waals surface area contributed by atoms with E-state index >= 15 is 0 Å². The minimum absolute atomic E-state index is 0.0270. The fourth-order valence-corrected chi connectivity index (χ4v) is 3.36. The van der Waals surface area contributed by atoms with Crippen LogP contribution in [-0.4, -0.2) is 70.3 Å². The average Bonchev–Trinajstić information content (AvgIpc) is 2.85. The Morgan fingerprint density at radius 1 is 1.33 bits per heavy atom. The molecular formula is C13H27N3O4S. The van der Waals surface area contributed by atoms with E-state index in [0.29, 0.717) is 39.3 Å². The van der Waals surface area contributed by atoms with Crippen molar-refractivity contribution in [3.8, 4) is 0 Å². The summed E-state index contributed by atoms with van der Waals surface area (Å²) in [4.78, 5) is 12.1. The van der Waals surface area contributed by atoms with Gasteiger partial charge in [-0.3, -0.25) is 4.79 Å². The van der Waals surface area contributed by atoms with Gasteiger partial charge in [-0.1, -0.05) is 13.8 Å². The van der Waals surface area contributed by atoms with E-state index in [1.165, 1.54) is 10.6 Å². The second-order valence-corrected chi connectivity index (χ2v) is 7.19. The van der Waals surface area contributed by atoms with Crippen LogP contribution in [0.3, 0.4) is 0 Å². The monoisotopic (exact) mass is 321 g/mol. The molecule has 0 radical (unpaired) electrons. The summed E-state index contributed by atoms with van der Waals surface area (Å²) in [5.74, 6) is -0.192. The molecule has 1 amide bonds. The van der Waals surface area contributed by atoms with Crippen molar-refractivity contribution in [3.05, 3.63) is 0 Å². The number of rotatable bonds is 9. The van der Waals surface area contributed by atoms with Gasteiger partial charge in [0, 0.05) is 25.7 Å². The Balaban J connectivity index is 2.30. The number of hydrogen-bond donors (Lipinski definition) is 2. The quantitative estimate of drug-likeness (QED) is 0.554. The Kier molecular flexibility index (Phi) is 7.58. The Morgan fingerprint density at radius 3 is 2.62 bits per heavy atom. The van der Waals surface area contributed by atoms with Crippen LogP contribution >= 0.6 is 0 Å². The zero-order valence-electron chi connectivity index (χ0n) is 13.1. The first-order chi connectivity index (χ1) is 9.90. The van der Waals surface area contributed by atoms with Gasteiger partial charge in [-0.25, -0.2) is 12.7 Å². The van der Waals surface area contributed by atoms with E-state index in [1.807, 2.05) is 6.92 Å². The first-order valence-electron chi connectivity index (χ1n) is 7.44. The molecule has 1 heterocycles. The second kappa shape index (κ2) is 8.67. The SMILES string of the molecule is CCNC1COCC1C(=O)NCCCN(CC)S(C)(=O)=O. The molecule has 1 saturated heterocycles. The maximum Gasteiger partial charge on any atom is 0.227 e. The lowest BCUT2D eigenvalue weighted by atomic mass is 10.0. The molecule has 0 spiro atoms. The highest BCUT2D eigenvalue weighted by atomic mass is 32.2.